The van der Waals surface area contributed by atoms with E-state index in [1.54, 1.807) is 10.5 Å². The van der Waals surface area contributed by atoms with E-state index >= 15 is 0 Å². The summed E-state index contributed by atoms with van der Waals surface area (Å²) < 4.78 is 28.1. The molecule has 0 unspecified atom stereocenters. The Morgan fingerprint density at radius 1 is 1.20 bits per heavy atom. The minimum absolute atomic E-state index is 0.586. The molecule has 0 saturated carbocycles. The molecule has 2 aromatic rings. The molecule has 2 nitrogen and oxygen atoms in total. The molecule has 1 aliphatic rings. The fraction of sp³-hybridized carbons (Fsp3) is 0.267. The number of aryl methyl sites for hydroxylation is 1. The third-order valence-electron chi connectivity index (χ3n) is 3.57. The lowest BCUT2D eigenvalue weighted by Crippen LogP contribution is -2.24. The summed E-state index contributed by atoms with van der Waals surface area (Å²) in [7, 11) is 0. The molecule has 104 valence electrons. The van der Waals surface area contributed by atoms with Gasteiger partial charge >= 0.3 is 0 Å². The van der Waals surface area contributed by atoms with Crippen LogP contribution < -0.4 is 0 Å². The van der Waals surface area contributed by atoms with Crippen LogP contribution in [0, 0.1) is 18.6 Å². The molecule has 0 radical (unpaired) electrons. The Balaban J connectivity index is 2.07. The zero-order valence-corrected chi connectivity index (χ0v) is 11.7. The summed E-state index contributed by atoms with van der Waals surface area (Å²) in [5.41, 5.74) is 4.44. The number of benzene rings is 1. The van der Waals surface area contributed by atoms with E-state index in [2.05, 4.69) is 4.98 Å². The summed E-state index contributed by atoms with van der Waals surface area (Å²) in [5.74, 6) is -1.70. The second-order valence-corrected chi connectivity index (χ2v) is 5.45. The van der Waals surface area contributed by atoms with Crippen molar-refractivity contribution >= 4 is 11.8 Å². The molecule has 2 heterocycles. The van der Waals surface area contributed by atoms with E-state index in [-0.39, 0.29) is 0 Å². The highest BCUT2D eigenvalue weighted by Gasteiger charge is 2.19. The topological polar surface area (TPSA) is 16.1 Å². The summed E-state index contributed by atoms with van der Waals surface area (Å²) in [6, 6.07) is 5.74. The zero-order valence-electron chi connectivity index (χ0n) is 11.0. The number of aromatic nitrogens is 1. The van der Waals surface area contributed by atoms with Crippen LogP contribution in [0.25, 0.3) is 11.3 Å². The van der Waals surface area contributed by atoms with Gasteiger partial charge in [-0.25, -0.2) is 13.2 Å². The number of fused-ring (bicyclic) bond motifs is 1. The van der Waals surface area contributed by atoms with Crippen LogP contribution >= 0.6 is 11.8 Å². The van der Waals surface area contributed by atoms with Gasteiger partial charge in [-0.15, -0.1) is 0 Å². The number of pyridine rings is 1. The monoisotopic (exact) mass is 294 g/mol. The van der Waals surface area contributed by atoms with Crippen LogP contribution in [0.5, 0.6) is 0 Å². The largest absolute Gasteiger partial charge is 0.252 e. The van der Waals surface area contributed by atoms with E-state index in [0.29, 0.717) is 17.8 Å². The molecule has 5 heteroatoms. The molecule has 0 aliphatic carbocycles. The van der Waals surface area contributed by atoms with Gasteiger partial charge in [-0.1, -0.05) is 0 Å². The highest BCUT2D eigenvalue weighted by atomic mass is 35.5. The summed E-state index contributed by atoms with van der Waals surface area (Å²) in [6.07, 6.45) is 0.761. The van der Waals surface area contributed by atoms with Crippen molar-refractivity contribution in [3.8, 4) is 11.3 Å². The van der Waals surface area contributed by atoms with E-state index in [9.17, 15) is 8.78 Å². The van der Waals surface area contributed by atoms with Crippen molar-refractivity contribution in [1.82, 2.24) is 9.40 Å². The second-order valence-electron chi connectivity index (χ2n) is 4.97. The first-order chi connectivity index (χ1) is 9.54. The summed E-state index contributed by atoms with van der Waals surface area (Å²) >= 11 is 6.03. The molecule has 0 N–H and O–H groups in total. The van der Waals surface area contributed by atoms with E-state index in [1.165, 1.54) is 6.07 Å². The normalized spacial score (nSPS) is 15.2. The molecule has 1 aromatic heterocycles. The minimum Gasteiger partial charge on any atom is -0.252 e. The van der Waals surface area contributed by atoms with Crippen LogP contribution in [0.1, 0.15) is 16.8 Å². The summed E-state index contributed by atoms with van der Waals surface area (Å²) in [5, 5.41) is 0. The van der Waals surface area contributed by atoms with Gasteiger partial charge in [0.1, 0.15) is 0 Å². The first-order valence-corrected chi connectivity index (χ1v) is 6.74. The molecule has 1 aliphatic heterocycles. The van der Waals surface area contributed by atoms with Crippen molar-refractivity contribution in [2.24, 2.45) is 0 Å². The molecular weight excluding hydrogens is 282 g/mol. The van der Waals surface area contributed by atoms with Gasteiger partial charge in [0.15, 0.2) is 11.6 Å². The van der Waals surface area contributed by atoms with Crippen molar-refractivity contribution < 1.29 is 8.78 Å². The Hall–Kier alpha value is -1.52. The number of hydrogen-bond acceptors (Lipinski definition) is 2. The van der Waals surface area contributed by atoms with Crippen LogP contribution in [-0.4, -0.2) is 15.9 Å². The Morgan fingerprint density at radius 2 is 2.00 bits per heavy atom. The van der Waals surface area contributed by atoms with E-state index in [4.69, 9.17) is 11.8 Å². The Morgan fingerprint density at radius 3 is 2.75 bits per heavy atom. The molecule has 20 heavy (non-hydrogen) atoms. The van der Waals surface area contributed by atoms with Gasteiger partial charge in [0.05, 0.1) is 5.69 Å². The Bertz CT molecular complexity index is 673. The third kappa shape index (κ3) is 2.41. The smallest absolute Gasteiger partial charge is 0.159 e. The summed E-state index contributed by atoms with van der Waals surface area (Å²) in [6.45, 7) is 3.38. The van der Waals surface area contributed by atoms with Crippen LogP contribution in [0.3, 0.4) is 0 Å². The van der Waals surface area contributed by atoms with E-state index < -0.39 is 11.6 Å². The number of rotatable bonds is 1. The minimum atomic E-state index is -0.855. The second kappa shape index (κ2) is 5.11. The standard InChI is InChI=1S/C15H13ClF2N2/c1-9-6-15(10-2-3-12(17)13(18)7-10)19-14-4-5-20(16)8-11(9)14/h2-3,6-7H,4-5,8H2,1H3. The summed E-state index contributed by atoms with van der Waals surface area (Å²) in [4.78, 5) is 4.58. The van der Waals surface area contributed by atoms with Crippen LogP contribution in [0.15, 0.2) is 24.3 Å². The maximum atomic E-state index is 13.3. The lowest BCUT2D eigenvalue weighted by atomic mass is 9.99. The van der Waals surface area contributed by atoms with Gasteiger partial charge in [-0.2, -0.15) is 0 Å². The van der Waals surface area contributed by atoms with Crippen LogP contribution in [0.2, 0.25) is 0 Å². The van der Waals surface area contributed by atoms with E-state index in [1.807, 2.05) is 13.0 Å². The average molecular weight is 295 g/mol. The van der Waals surface area contributed by atoms with Gasteiger partial charge in [-0.05, 0) is 54.1 Å². The van der Waals surface area contributed by atoms with Crippen LogP contribution in [-0.2, 0) is 13.0 Å². The maximum absolute atomic E-state index is 13.3. The lowest BCUT2D eigenvalue weighted by molar-refractivity contribution is 0.422. The fourth-order valence-corrected chi connectivity index (χ4v) is 2.67. The molecule has 3 rings (SSSR count). The van der Waals surface area contributed by atoms with Gasteiger partial charge in [0, 0.05) is 30.8 Å². The maximum Gasteiger partial charge on any atom is 0.159 e. The molecule has 0 amide bonds. The first kappa shape index (κ1) is 13.5. The average Bonchev–Trinajstić information content (AvgIpc) is 2.42. The molecule has 1 aromatic carbocycles. The highest BCUT2D eigenvalue weighted by molar-refractivity contribution is 6.13. The highest BCUT2D eigenvalue weighted by Crippen LogP contribution is 2.27. The Labute approximate surface area is 121 Å². The van der Waals surface area contributed by atoms with Crippen molar-refractivity contribution in [3.63, 3.8) is 0 Å². The van der Waals surface area contributed by atoms with Gasteiger partial charge in [-0.3, -0.25) is 4.98 Å². The van der Waals surface area contributed by atoms with Crippen molar-refractivity contribution in [3.05, 3.63) is 52.7 Å². The van der Waals surface area contributed by atoms with Gasteiger partial charge in [0.2, 0.25) is 0 Å². The SMILES string of the molecule is Cc1cc(-c2ccc(F)c(F)c2)nc2c1CN(Cl)CC2. The molecule has 0 atom stereocenters. The zero-order chi connectivity index (χ0) is 14.3. The molecular formula is C15H13ClF2N2. The first-order valence-electron chi connectivity index (χ1n) is 6.40. The van der Waals surface area contributed by atoms with Crippen molar-refractivity contribution in [2.45, 2.75) is 19.9 Å². The van der Waals surface area contributed by atoms with Gasteiger partial charge in [0.25, 0.3) is 0 Å². The molecule has 0 bridgehead atoms. The number of nitrogens with zero attached hydrogens (tertiary/aromatic N) is 2. The van der Waals surface area contributed by atoms with Crippen molar-refractivity contribution in [1.29, 1.82) is 0 Å². The Kier molecular flexibility index (Phi) is 3.44. The predicted molar refractivity (Wildman–Crippen MR) is 74.3 cm³/mol. The van der Waals surface area contributed by atoms with Crippen molar-refractivity contribution in [2.75, 3.05) is 6.54 Å². The molecule has 0 fully saturated rings. The fourth-order valence-electron chi connectivity index (χ4n) is 2.47. The number of halogens is 3. The van der Waals surface area contributed by atoms with E-state index in [0.717, 1.165) is 35.9 Å². The third-order valence-corrected chi connectivity index (χ3v) is 3.86. The quantitative estimate of drug-likeness (QED) is 0.743. The van der Waals surface area contributed by atoms with Gasteiger partial charge < -0.3 is 0 Å². The predicted octanol–water partition coefficient (Wildman–Crippen LogP) is 3.85. The number of hydrogen-bond donors (Lipinski definition) is 0. The lowest BCUT2D eigenvalue weighted by Gasteiger charge is -2.24. The van der Waals surface area contributed by atoms with Crippen LogP contribution in [0.4, 0.5) is 8.78 Å². The molecule has 0 spiro atoms. The molecule has 0 saturated heterocycles.